The molecule has 4 nitrogen and oxygen atoms in total. The van der Waals surface area contributed by atoms with Crippen LogP contribution in [0.3, 0.4) is 0 Å². The molecule has 0 bridgehead atoms. The fraction of sp³-hybridized carbons (Fsp3) is 0.111. The van der Waals surface area contributed by atoms with E-state index in [1.54, 1.807) is 17.5 Å². The molecule has 0 aliphatic heterocycles. The molecule has 0 radical (unpaired) electrons. The number of carbonyl (C=O) groups is 1. The number of aliphatic carboxylic acids is 1. The normalized spacial score (nSPS) is 10.5. The monoisotopic (exact) mass is 286 g/mol. The third-order valence-corrected chi connectivity index (χ3v) is 3.50. The van der Waals surface area contributed by atoms with Gasteiger partial charge in [0.25, 0.3) is 0 Å². The highest BCUT2D eigenvalue weighted by Gasteiger charge is 2.07. The van der Waals surface area contributed by atoms with Crippen LogP contribution < -0.4 is 0 Å². The van der Waals surface area contributed by atoms with Gasteiger partial charge in [0.1, 0.15) is 12.2 Å². The average Bonchev–Trinajstić information content (AvgIpc) is 2.72. The van der Waals surface area contributed by atoms with Gasteiger partial charge in [-0.3, -0.25) is 4.79 Å². The van der Waals surface area contributed by atoms with Crippen molar-refractivity contribution in [3.05, 3.63) is 27.9 Å². The minimum absolute atomic E-state index is 0.0768. The zero-order valence-electron chi connectivity index (χ0n) is 7.53. The lowest BCUT2D eigenvalue weighted by Crippen LogP contribution is -2.01. The molecule has 0 fully saturated rings. The Hall–Kier alpha value is -1.14. The number of carboxylic acids is 1. The standard InChI is InChI=1S/C9H7BrN2O2S/c10-5-1-7(15-4-5)6-3-11-8(12-6)2-9(13)14/h1,3-4H,2H2,(H,11,12)(H,13,14). The number of nitrogens with one attached hydrogen (secondary N) is 1. The summed E-state index contributed by atoms with van der Waals surface area (Å²) in [6, 6.07) is 1.96. The van der Waals surface area contributed by atoms with Gasteiger partial charge in [-0.05, 0) is 22.0 Å². The topological polar surface area (TPSA) is 66.0 Å². The van der Waals surface area contributed by atoms with Gasteiger partial charge >= 0.3 is 5.97 Å². The van der Waals surface area contributed by atoms with Gasteiger partial charge in [-0.2, -0.15) is 0 Å². The van der Waals surface area contributed by atoms with Gasteiger partial charge in [0, 0.05) is 9.85 Å². The summed E-state index contributed by atoms with van der Waals surface area (Å²) in [6.07, 6.45) is 1.57. The van der Waals surface area contributed by atoms with Crippen LogP contribution in [0.15, 0.2) is 22.1 Å². The van der Waals surface area contributed by atoms with Gasteiger partial charge in [0.15, 0.2) is 0 Å². The van der Waals surface area contributed by atoms with Crippen LogP contribution in [0.25, 0.3) is 10.6 Å². The fourth-order valence-corrected chi connectivity index (χ4v) is 2.57. The first-order valence-corrected chi connectivity index (χ1v) is 5.82. The Morgan fingerprint density at radius 3 is 3.07 bits per heavy atom. The second-order valence-electron chi connectivity index (χ2n) is 2.94. The van der Waals surface area contributed by atoms with Crippen molar-refractivity contribution in [1.29, 1.82) is 0 Å². The zero-order chi connectivity index (χ0) is 10.8. The summed E-state index contributed by atoms with van der Waals surface area (Å²) in [4.78, 5) is 18.5. The van der Waals surface area contributed by atoms with E-state index in [0.717, 1.165) is 15.0 Å². The number of H-pyrrole nitrogens is 1. The maximum Gasteiger partial charge on any atom is 0.311 e. The Balaban J connectivity index is 2.23. The Kier molecular flexibility index (Phi) is 2.88. The molecule has 2 N–H and O–H groups in total. The second kappa shape index (κ2) is 4.16. The third kappa shape index (κ3) is 2.45. The third-order valence-electron chi connectivity index (χ3n) is 1.78. The first kappa shape index (κ1) is 10.4. The Bertz CT molecular complexity index is 492. The summed E-state index contributed by atoms with van der Waals surface area (Å²) in [6.45, 7) is 0. The lowest BCUT2D eigenvalue weighted by Gasteiger charge is -1.90. The van der Waals surface area contributed by atoms with E-state index in [4.69, 9.17) is 5.11 Å². The molecule has 78 valence electrons. The van der Waals surface area contributed by atoms with Gasteiger partial charge in [-0.25, -0.2) is 4.98 Å². The predicted molar refractivity (Wildman–Crippen MR) is 60.9 cm³/mol. The lowest BCUT2D eigenvalue weighted by molar-refractivity contribution is -0.136. The molecule has 2 rings (SSSR count). The molecular formula is C9H7BrN2O2S. The van der Waals surface area contributed by atoms with Gasteiger partial charge in [-0.1, -0.05) is 0 Å². The summed E-state index contributed by atoms with van der Waals surface area (Å²) >= 11 is 4.93. The molecule has 15 heavy (non-hydrogen) atoms. The number of aromatic amines is 1. The number of rotatable bonds is 3. The number of halogens is 1. The van der Waals surface area contributed by atoms with Crippen LogP contribution in [0.5, 0.6) is 0 Å². The van der Waals surface area contributed by atoms with Crippen LogP contribution in [-0.4, -0.2) is 21.0 Å². The molecular weight excluding hydrogens is 280 g/mol. The summed E-state index contributed by atoms with van der Waals surface area (Å²) in [5.41, 5.74) is 0.849. The molecule has 0 aliphatic rings. The van der Waals surface area contributed by atoms with Crippen molar-refractivity contribution in [2.24, 2.45) is 0 Å². The summed E-state index contributed by atoms with van der Waals surface area (Å²) in [5.74, 6) is -0.412. The van der Waals surface area contributed by atoms with E-state index < -0.39 is 5.97 Å². The number of thiophene rings is 1. The largest absolute Gasteiger partial charge is 0.481 e. The lowest BCUT2D eigenvalue weighted by atomic mass is 10.4. The van der Waals surface area contributed by atoms with E-state index >= 15 is 0 Å². The number of hydrogen-bond donors (Lipinski definition) is 2. The van der Waals surface area contributed by atoms with Gasteiger partial charge in [0.2, 0.25) is 0 Å². The smallest absolute Gasteiger partial charge is 0.311 e. The first-order valence-electron chi connectivity index (χ1n) is 4.15. The predicted octanol–water partition coefficient (Wildman–Crippen LogP) is 2.53. The first-order chi connectivity index (χ1) is 7.15. The van der Waals surface area contributed by atoms with Gasteiger partial charge < -0.3 is 10.1 Å². The molecule has 2 aromatic heterocycles. The van der Waals surface area contributed by atoms with E-state index in [1.165, 1.54) is 0 Å². The van der Waals surface area contributed by atoms with E-state index in [2.05, 4.69) is 25.9 Å². The molecule has 0 saturated heterocycles. The number of imidazole rings is 1. The van der Waals surface area contributed by atoms with Crippen LogP contribution in [0.4, 0.5) is 0 Å². The van der Waals surface area contributed by atoms with Crippen LogP contribution in [0, 0.1) is 0 Å². The van der Waals surface area contributed by atoms with E-state index in [0.29, 0.717) is 5.82 Å². The van der Waals surface area contributed by atoms with Crippen molar-refractivity contribution < 1.29 is 9.90 Å². The van der Waals surface area contributed by atoms with E-state index in [9.17, 15) is 4.79 Å². The van der Waals surface area contributed by atoms with E-state index in [1.807, 2.05) is 11.4 Å². The van der Waals surface area contributed by atoms with Crippen LogP contribution in [0.2, 0.25) is 0 Å². The molecule has 0 aromatic carbocycles. The maximum absolute atomic E-state index is 10.5. The summed E-state index contributed by atoms with van der Waals surface area (Å²) in [5, 5.41) is 10.6. The van der Waals surface area contributed by atoms with Gasteiger partial charge in [-0.15, -0.1) is 11.3 Å². The van der Waals surface area contributed by atoms with Crippen molar-refractivity contribution >= 4 is 33.2 Å². The van der Waals surface area contributed by atoms with Crippen LogP contribution in [-0.2, 0) is 11.2 Å². The van der Waals surface area contributed by atoms with Crippen molar-refractivity contribution in [2.45, 2.75) is 6.42 Å². The molecule has 0 atom stereocenters. The quantitative estimate of drug-likeness (QED) is 0.911. The van der Waals surface area contributed by atoms with Crippen molar-refractivity contribution in [1.82, 2.24) is 9.97 Å². The Morgan fingerprint density at radius 1 is 1.67 bits per heavy atom. The Labute approximate surface area is 98.1 Å². The molecule has 0 amide bonds. The molecule has 0 aliphatic carbocycles. The highest BCUT2D eigenvalue weighted by Crippen LogP contribution is 2.28. The highest BCUT2D eigenvalue weighted by atomic mass is 79.9. The molecule has 6 heteroatoms. The van der Waals surface area contributed by atoms with Crippen molar-refractivity contribution in [3.8, 4) is 10.6 Å². The summed E-state index contributed by atoms with van der Waals surface area (Å²) < 4.78 is 1.01. The molecule has 0 unspecified atom stereocenters. The molecule has 0 saturated carbocycles. The maximum atomic E-state index is 10.5. The zero-order valence-corrected chi connectivity index (χ0v) is 9.93. The number of nitrogens with zero attached hydrogens (tertiary/aromatic N) is 1. The van der Waals surface area contributed by atoms with Crippen LogP contribution in [0.1, 0.15) is 5.82 Å². The van der Waals surface area contributed by atoms with Crippen molar-refractivity contribution in [3.63, 3.8) is 0 Å². The number of aromatic nitrogens is 2. The van der Waals surface area contributed by atoms with Gasteiger partial charge in [0.05, 0.1) is 16.8 Å². The average molecular weight is 287 g/mol. The van der Waals surface area contributed by atoms with E-state index in [-0.39, 0.29) is 6.42 Å². The number of carboxylic acid groups (broad SMARTS) is 1. The Morgan fingerprint density at radius 2 is 2.47 bits per heavy atom. The molecule has 2 heterocycles. The fourth-order valence-electron chi connectivity index (χ4n) is 1.18. The highest BCUT2D eigenvalue weighted by molar-refractivity contribution is 9.10. The SMILES string of the molecule is O=C(O)Cc1ncc(-c2cc(Br)cs2)[nH]1. The molecule has 0 spiro atoms. The minimum atomic E-state index is -0.886. The van der Waals surface area contributed by atoms with Crippen molar-refractivity contribution in [2.75, 3.05) is 0 Å². The number of hydrogen-bond acceptors (Lipinski definition) is 3. The van der Waals surface area contributed by atoms with Crippen LogP contribution >= 0.6 is 27.3 Å². The molecule has 2 aromatic rings. The minimum Gasteiger partial charge on any atom is -0.481 e. The second-order valence-corrected chi connectivity index (χ2v) is 4.77. The summed E-state index contributed by atoms with van der Waals surface area (Å²) in [7, 11) is 0.